The molecule has 0 aliphatic carbocycles. The van der Waals surface area contributed by atoms with Gasteiger partial charge in [0.1, 0.15) is 11.6 Å². The van der Waals surface area contributed by atoms with E-state index in [-0.39, 0.29) is 5.92 Å². The van der Waals surface area contributed by atoms with Gasteiger partial charge in [-0.1, -0.05) is 13.8 Å². The van der Waals surface area contributed by atoms with Gasteiger partial charge in [-0.2, -0.15) is 9.97 Å². The van der Waals surface area contributed by atoms with Crippen LogP contribution in [0.25, 0.3) is 11.5 Å². The molecular formula is C17H20N6O2S. The van der Waals surface area contributed by atoms with Crippen LogP contribution >= 0.6 is 11.8 Å². The maximum absolute atomic E-state index is 5.73. The number of rotatable bonds is 6. The number of ether oxygens (including phenoxy) is 1. The van der Waals surface area contributed by atoms with Crippen LogP contribution in [0.5, 0.6) is 5.75 Å². The number of anilines is 1. The average molecular weight is 372 g/mol. The molecule has 0 aliphatic rings. The van der Waals surface area contributed by atoms with Crippen molar-refractivity contribution in [1.29, 1.82) is 0 Å². The van der Waals surface area contributed by atoms with Crippen molar-refractivity contribution in [3.8, 4) is 17.2 Å². The van der Waals surface area contributed by atoms with E-state index >= 15 is 0 Å². The Labute approximate surface area is 156 Å². The Morgan fingerprint density at radius 2 is 1.77 bits per heavy atom. The van der Waals surface area contributed by atoms with Crippen molar-refractivity contribution in [1.82, 2.24) is 25.1 Å². The molecule has 0 bridgehead atoms. The standard InChI is InChI=1S/C17H20N6O2S/c1-10(2)13-18-15(23(3)4)20-16(19-13)26-17-22-21-14(25-17)11-6-8-12(24-5)9-7-11/h6-10H,1-5H3. The first-order chi connectivity index (χ1) is 12.5. The summed E-state index contributed by atoms with van der Waals surface area (Å²) < 4.78 is 10.9. The first-order valence-corrected chi connectivity index (χ1v) is 8.87. The molecule has 2 aromatic heterocycles. The topological polar surface area (TPSA) is 90.1 Å². The highest BCUT2D eigenvalue weighted by molar-refractivity contribution is 7.98. The van der Waals surface area contributed by atoms with Gasteiger partial charge >= 0.3 is 0 Å². The molecule has 8 nitrogen and oxygen atoms in total. The van der Waals surface area contributed by atoms with Crippen LogP contribution in [0, 0.1) is 0 Å². The van der Waals surface area contributed by atoms with E-state index in [1.54, 1.807) is 7.11 Å². The first-order valence-electron chi connectivity index (χ1n) is 8.05. The number of hydrogen-bond acceptors (Lipinski definition) is 9. The van der Waals surface area contributed by atoms with E-state index in [0.717, 1.165) is 17.1 Å². The summed E-state index contributed by atoms with van der Waals surface area (Å²) in [5, 5.41) is 9.08. The van der Waals surface area contributed by atoms with E-state index in [9.17, 15) is 0 Å². The summed E-state index contributed by atoms with van der Waals surface area (Å²) in [6.07, 6.45) is 0. The molecule has 26 heavy (non-hydrogen) atoms. The van der Waals surface area contributed by atoms with Crippen LogP contribution in [0.15, 0.2) is 39.1 Å². The summed E-state index contributed by atoms with van der Waals surface area (Å²) in [6.45, 7) is 4.08. The van der Waals surface area contributed by atoms with Gasteiger partial charge in [0.2, 0.25) is 17.0 Å². The first kappa shape index (κ1) is 18.1. The van der Waals surface area contributed by atoms with Gasteiger partial charge in [0.15, 0.2) is 0 Å². The van der Waals surface area contributed by atoms with Crippen LogP contribution < -0.4 is 9.64 Å². The van der Waals surface area contributed by atoms with Crippen LogP contribution in [0.1, 0.15) is 25.6 Å². The Kier molecular flexibility index (Phi) is 5.36. The summed E-state index contributed by atoms with van der Waals surface area (Å²) in [7, 11) is 5.41. The van der Waals surface area contributed by atoms with Crippen LogP contribution in [-0.4, -0.2) is 46.4 Å². The van der Waals surface area contributed by atoms with Gasteiger partial charge in [0, 0.05) is 37.3 Å². The van der Waals surface area contributed by atoms with E-state index in [4.69, 9.17) is 9.15 Å². The highest BCUT2D eigenvalue weighted by Gasteiger charge is 2.16. The molecule has 0 aliphatic heterocycles. The minimum Gasteiger partial charge on any atom is -0.497 e. The third-order valence-corrected chi connectivity index (χ3v) is 4.16. The quantitative estimate of drug-likeness (QED) is 0.646. The highest BCUT2D eigenvalue weighted by Crippen LogP contribution is 2.29. The number of methoxy groups -OCH3 is 1. The van der Waals surface area contributed by atoms with Crippen molar-refractivity contribution in [2.24, 2.45) is 0 Å². The zero-order chi connectivity index (χ0) is 18.7. The molecular weight excluding hydrogens is 352 g/mol. The van der Waals surface area contributed by atoms with Gasteiger partial charge in [-0.05, 0) is 24.3 Å². The molecule has 3 aromatic rings. The fraction of sp³-hybridized carbons (Fsp3) is 0.353. The molecule has 1 aromatic carbocycles. The normalized spacial score (nSPS) is 11.0. The van der Waals surface area contributed by atoms with Crippen LogP contribution in [-0.2, 0) is 0 Å². The van der Waals surface area contributed by atoms with E-state index in [0.29, 0.717) is 22.2 Å². The van der Waals surface area contributed by atoms with Gasteiger partial charge in [-0.3, -0.25) is 0 Å². The Bertz CT molecular complexity index is 853. The molecule has 0 amide bonds. The summed E-state index contributed by atoms with van der Waals surface area (Å²) in [5.74, 6) is 2.71. The summed E-state index contributed by atoms with van der Waals surface area (Å²) in [6, 6.07) is 7.42. The van der Waals surface area contributed by atoms with Crippen molar-refractivity contribution in [2.45, 2.75) is 30.1 Å². The lowest BCUT2D eigenvalue weighted by Crippen LogP contribution is -2.15. The molecule has 0 fully saturated rings. The fourth-order valence-electron chi connectivity index (χ4n) is 2.04. The fourth-order valence-corrected chi connectivity index (χ4v) is 2.67. The van der Waals surface area contributed by atoms with Crippen molar-refractivity contribution in [3.05, 3.63) is 30.1 Å². The number of hydrogen-bond donors (Lipinski definition) is 0. The maximum atomic E-state index is 5.73. The van der Waals surface area contributed by atoms with E-state index in [1.807, 2.05) is 57.1 Å². The molecule has 0 N–H and O–H groups in total. The van der Waals surface area contributed by atoms with Crippen molar-refractivity contribution in [3.63, 3.8) is 0 Å². The minimum absolute atomic E-state index is 0.189. The van der Waals surface area contributed by atoms with Crippen molar-refractivity contribution >= 4 is 17.7 Å². The van der Waals surface area contributed by atoms with E-state index in [2.05, 4.69) is 25.1 Å². The largest absolute Gasteiger partial charge is 0.497 e. The Morgan fingerprint density at radius 1 is 1.04 bits per heavy atom. The van der Waals surface area contributed by atoms with Gasteiger partial charge in [0.25, 0.3) is 5.22 Å². The van der Waals surface area contributed by atoms with Gasteiger partial charge in [-0.25, -0.2) is 4.98 Å². The van der Waals surface area contributed by atoms with Gasteiger partial charge in [-0.15, -0.1) is 10.2 Å². The Morgan fingerprint density at radius 3 is 2.38 bits per heavy atom. The van der Waals surface area contributed by atoms with Gasteiger partial charge < -0.3 is 14.1 Å². The predicted octanol–water partition coefficient (Wildman–Crippen LogP) is 3.27. The monoisotopic (exact) mass is 372 g/mol. The van der Waals surface area contributed by atoms with Crippen LogP contribution in [0.2, 0.25) is 0 Å². The molecule has 0 atom stereocenters. The van der Waals surface area contributed by atoms with Crippen LogP contribution in [0.4, 0.5) is 5.95 Å². The average Bonchev–Trinajstić information content (AvgIpc) is 3.09. The second-order valence-electron chi connectivity index (χ2n) is 6.03. The molecule has 0 spiro atoms. The van der Waals surface area contributed by atoms with Gasteiger partial charge in [0.05, 0.1) is 7.11 Å². The molecule has 136 valence electrons. The van der Waals surface area contributed by atoms with Crippen LogP contribution in [0.3, 0.4) is 0 Å². The SMILES string of the molecule is COc1ccc(-c2nnc(Sc3nc(C(C)C)nc(N(C)C)n3)o2)cc1. The second-order valence-corrected chi connectivity index (χ2v) is 6.95. The minimum atomic E-state index is 0.189. The molecule has 0 saturated carbocycles. The molecule has 0 unspecified atom stereocenters. The van der Waals surface area contributed by atoms with E-state index in [1.165, 1.54) is 11.8 Å². The second kappa shape index (κ2) is 7.69. The molecule has 3 rings (SSSR count). The zero-order valence-corrected chi connectivity index (χ0v) is 16.1. The van der Waals surface area contributed by atoms with Crippen molar-refractivity contribution < 1.29 is 9.15 Å². The third kappa shape index (κ3) is 4.10. The summed E-state index contributed by atoms with van der Waals surface area (Å²) in [4.78, 5) is 15.2. The highest BCUT2D eigenvalue weighted by atomic mass is 32.2. The smallest absolute Gasteiger partial charge is 0.284 e. The third-order valence-electron chi connectivity index (χ3n) is 3.46. The lowest BCUT2D eigenvalue weighted by molar-refractivity contribution is 0.414. The summed E-state index contributed by atoms with van der Waals surface area (Å²) in [5.41, 5.74) is 0.817. The number of aromatic nitrogens is 5. The van der Waals surface area contributed by atoms with Crippen molar-refractivity contribution in [2.75, 3.05) is 26.1 Å². The molecule has 0 radical (unpaired) electrons. The molecule has 9 heteroatoms. The Hall–Kier alpha value is -2.68. The maximum Gasteiger partial charge on any atom is 0.284 e. The molecule has 0 saturated heterocycles. The summed E-state index contributed by atoms with van der Waals surface area (Å²) >= 11 is 1.22. The predicted molar refractivity (Wildman–Crippen MR) is 98.7 cm³/mol. The lowest BCUT2D eigenvalue weighted by Gasteiger charge is -2.13. The number of benzene rings is 1. The lowest BCUT2D eigenvalue weighted by atomic mass is 10.2. The zero-order valence-electron chi connectivity index (χ0n) is 15.3. The number of nitrogens with zero attached hydrogens (tertiary/aromatic N) is 6. The van der Waals surface area contributed by atoms with E-state index < -0.39 is 0 Å². The Balaban J connectivity index is 1.84. The molecule has 2 heterocycles.